The summed E-state index contributed by atoms with van der Waals surface area (Å²) >= 11 is 0. The topological polar surface area (TPSA) is 34.1 Å². The molecule has 0 N–H and O–H groups in total. The highest BCUT2D eigenvalue weighted by molar-refractivity contribution is 6.01. The minimum atomic E-state index is -0.0701. The number of rotatable bonds is 3. The molecule has 0 radical (unpaired) electrons. The van der Waals surface area contributed by atoms with Crippen molar-refractivity contribution in [2.45, 2.75) is 27.2 Å². The Bertz CT molecular complexity index is 178. The molecule has 0 atom stereocenters. The van der Waals surface area contributed by atoms with Gasteiger partial charge in [0.05, 0.1) is 0 Å². The normalized spacial score (nSPS) is 11.3. The van der Waals surface area contributed by atoms with Gasteiger partial charge in [-0.15, -0.1) is 0 Å². The van der Waals surface area contributed by atoms with Gasteiger partial charge in [0.25, 0.3) is 0 Å². The SMILES string of the molecule is CCC(=O)/C(C)=C/C(C)=O. The molecule has 0 aliphatic heterocycles. The van der Waals surface area contributed by atoms with Crippen molar-refractivity contribution in [3.05, 3.63) is 11.6 Å². The Kier molecular flexibility index (Phi) is 3.62. The van der Waals surface area contributed by atoms with Crippen molar-refractivity contribution in [2.24, 2.45) is 0 Å². The van der Waals surface area contributed by atoms with Crippen molar-refractivity contribution in [3.8, 4) is 0 Å². The molecule has 0 aromatic rings. The number of carbonyl (C=O) groups excluding carboxylic acids is 2. The summed E-state index contributed by atoms with van der Waals surface area (Å²) in [6.07, 6.45) is 1.83. The number of ketones is 2. The van der Waals surface area contributed by atoms with Crippen LogP contribution in [0.2, 0.25) is 0 Å². The fraction of sp³-hybridized carbons (Fsp3) is 0.500. The van der Waals surface area contributed by atoms with E-state index in [0.29, 0.717) is 12.0 Å². The van der Waals surface area contributed by atoms with Gasteiger partial charge < -0.3 is 0 Å². The predicted octanol–water partition coefficient (Wildman–Crippen LogP) is 1.50. The van der Waals surface area contributed by atoms with E-state index >= 15 is 0 Å². The minimum Gasteiger partial charge on any atom is -0.295 e. The van der Waals surface area contributed by atoms with Crippen LogP contribution in [0.15, 0.2) is 11.6 Å². The van der Waals surface area contributed by atoms with E-state index in [1.54, 1.807) is 13.8 Å². The third kappa shape index (κ3) is 3.17. The van der Waals surface area contributed by atoms with E-state index in [-0.39, 0.29) is 11.6 Å². The van der Waals surface area contributed by atoms with E-state index < -0.39 is 0 Å². The molecule has 10 heavy (non-hydrogen) atoms. The van der Waals surface area contributed by atoms with Crippen LogP contribution in [0.3, 0.4) is 0 Å². The van der Waals surface area contributed by atoms with Crippen LogP contribution in [-0.2, 0) is 9.59 Å². The Morgan fingerprint density at radius 3 is 2.10 bits per heavy atom. The first-order chi connectivity index (χ1) is 4.57. The fourth-order valence-electron chi connectivity index (χ4n) is 0.664. The summed E-state index contributed by atoms with van der Waals surface area (Å²) in [7, 11) is 0. The van der Waals surface area contributed by atoms with Crippen molar-refractivity contribution in [2.75, 3.05) is 0 Å². The van der Waals surface area contributed by atoms with Crippen molar-refractivity contribution in [3.63, 3.8) is 0 Å². The molecule has 0 heterocycles. The van der Waals surface area contributed by atoms with Crippen LogP contribution >= 0.6 is 0 Å². The average molecular weight is 140 g/mol. The average Bonchev–Trinajstić information content (AvgIpc) is 1.85. The Hall–Kier alpha value is -0.920. The Balaban J connectivity index is 4.19. The highest BCUT2D eigenvalue weighted by Crippen LogP contribution is 1.97. The summed E-state index contributed by atoms with van der Waals surface area (Å²) in [6.45, 7) is 4.87. The smallest absolute Gasteiger partial charge is 0.158 e. The molecule has 0 unspecified atom stereocenters. The molecule has 0 aliphatic carbocycles. The van der Waals surface area contributed by atoms with Crippen LogP contribution in [0.4, 0.5) is 0 Å². The molecule has 0 saturated heterocycles. The van der Waals surface area contributed by atoms with Gasteiger partial charge in [-0.1, -0.05) is 6.92 Å². The lowest BCUT2D eigenvalue weighted by Crippen LogP contribution is -1.98. The molecule has 56 valence electrons. The lowest BCUT2D eigenvalue weighted by molar-refractivity contribution is -0.116. The zero-order chi connectivity index (χ0) is 8.15. The van der Waals surface area contributed by atoms with Gasteiger partial charge in [-0.05, 0) is 25.5 Å². The van der Waals surface area contributed by atoms with E-state index in [1.165, 1.54) is 13.0 Å². The predicted molar refractivity (Wildman–Crippen MR) is 39.7 cm³/mol. The molecule has 0 aromatic carbocycles. The first-order valence-electron chi connectivity index (χ1n) is 3.30. The number of hydrogen-bond acceptors (Lipinski definition) is 2. The molecular formula is C8H12O2. The molecule has 0 amide bonds. The summed E-state index contributed by atoms with van der Waals surface area (Å²) in [4.78, 5) is 21.3. The summed E-state index contributed by atoms with van der Waals surface area (Å²) in [5.74, 6) is -0.0329. The number of carbonyl (C=O) groups is 2. The summed E-state index contributed by atoms with van der Waals surface area (Å²) < 4.78 is 0. The largest absolute Gasteiger partial charge is 0.295 e. The molecule has 0 fully saturated rings. The maximum atomic E-state index is 10.8. The second-order valence-corrected chi connectivity index (χ2v) is 2.21. The van der Waals surface area contributed by atoms with Gasteiger partial charge in [0.2, 0.25) is 0 Å². The molecule has 2 heteroatoms. The van der Waals surface area contributed by atoms with Crippen LogP contribution in [0.25, 0.3) is 0 Å². The second-order valence-electron chi connectivity index (χ2n) is 2.21. The zero-order valence-electron chi connectivity index (χ0n) is 6.60. The molecular weight excluding hydrogens is 128 g/mol. The van der Waals surface area contributed by atoms with Crippen molar-refractivity contribution in [1.29, 1.82) is 0 Å². The van der Waals surface area contributed by atoms with Gasteiger partial charge in [-0.25, -0.2) is 0 Å². The van der Waals surface area contributed by atoms with Gasteiger partial charge in [0.1, 0.15) is 0 Å². The molecule has 0 spiro atoms. The number of Topliss-reactive ketones (excluding diaryl/α,β-unsaturated/α-hetero) is 1. The third-order valence-corrected chi connectivity index (χ3v) is 1.18. The summed E-state index contributed by atoms with van der Waals surface area (Å²) in [5, 5.41) is 0. The Morgan fingerprint density at radius 2 is 1.80 bits per heavy atom. The molecule has 0 aliphatic rings. The zero-order valence-corrected chi connectivity index (χ0v) is 6.60. The van der Waals surface area contributed by atoms with E-state index in [2.05, 4.69) is 0 Å². The third-order valence-electron chi connectivity index (χ3n) is 1.18. The molecule has 0 rings (SSSR count). The monoisotopic (exact) mass is 140 g/mol. The van der Waals surface area contributed by atoms with Crippen molar-refractivity contribution >= 4 is 11.6 Å². The van der Waals surface area contributed by atoms with E-state index in [4.69, 9.17) is 0 Å². The van der Waals surface area contributed by atoms with Crippen molar-refractivity contribution in [1.82, 2.24) is 0 Å². The minimum absolute atomic E-state index is 0.0372. The van der Waals surface area contributed by atoms with Gasteiger partial charge >= 0.3 is 0 Å². The molecule has 0 bridgehead atoms. The van der Waals surface area contributed by atoms with Gasteiger partial charge in [0.15, 0.2) is 11.6 Å². The maximum Gasteiger partial charge on any atom is 0.158 e. The highest BCUT2D eigenvalue weighted by Gasteiger charge is 2.00. The van der Waals surface area contributed by atoms with E-state index in [0.717, 1.165) is 0 Å². The number of hydrogen-bond donors (Lipinski definition) is 0. The molecule has 2 nitrogen and oxygen atoms in total. The fourth-order valence-corrected chi connectivity index (χ4v) is 0.664. The highest BCUT2D eigenvalue weighted by atomic mass is 16.1. The molecule has 0 saturated carbocycles. The quantitative estimate of drug-likeness (QED) is 0.557. The Morgan fingerprint density at radius 1 is 1.30 bits per heavy atom. The number of allylic oxidation sites excluding steroid dienone is 2. The van der Waals surface area contributed by atoms with E-state index in [1.807, 2.05) is 0 Å². The van der Waals surface area contributed by atoms with Gasteiger partial charge in [-0.2, -0.15) is 0 Å². The lowest BCUT2D eigenvalue weighted by Gasteiger charge is -1.92. The van der Waals surface area contributed by atoms with Crippen molar-refractivity contribution < 1.29 is 9.59 Å². The Labute approximate surface area is 60.9 Å². The van der Waals surface area contributed by atoms with Crippen LogP contribution in [0.1, 0.15) is 27.2 Å². The summed E-state index contributed by atoms with van der Waals surface area (Å²) in [6, 6.07) is 0. The second kappa shape index (κ2) is 3.99. The lowest BCUT2D eigenvalue weighted by atomic mass is 10.1. The van der Waals surface area contributed by atoms with E-state index in [9.17, 15) is 9.59 Å². The van der Waals surface area contributed by atoms with Crippen LogP contribution in [0.5, 0.6) is 0 Å². The molecule has 0 aromatic heterocycles. The van der Waals surface area contributed by atoms with Crippen LogP contribution < -0.4 is 0 Å². The maximum absolute atomic E-state index is 10.8. The first-order valence-corrected chi connectivity index (χ1v) is 3.30. The summed E-state index contributed by atoms with van der Waals surface area (Å²) in [5.41, 5.74) is 0.551. The van der Waals surface area contributed by atoms with Gasteiger partial charge in [0, 0.05) is 6.42 Å². The standard InChI is InChI=1S/C8H12O2/c1-4-8(10)6(2)5-7(3)9/h5H,4H2,1-3H3/b6-5+. The van der Waals surface area contributed by atoms with Crippen LogP contribution in [0, 0.1) is 0 Å². The van der Waals surface area contributed by atoms with Crippen LogP contribution in [-0.4, -0.2) is 11.6 Å². The van der Waals surface area contributed by atoms with Gasteiger partial charge in [-0.3, -0.25) is 9.59 Å². The first kappa shape index (κ1) is 9.08.